The van der Waals surface area contributed by atoms with Gasteiger partial charge in [-0.1, -0.05) is 30.3 Å². The first-order valence-electron chi connectivity index (χ1n) is 5.04. The van der Waals surface area contributed by atoms with Crippen molar-refractivity contribution < 1.29 is 19.8 Å². The number of carboxylic acids is 1. The summed E-state index contributed by atoms with van der Waals surface area (Å²) in [5.41, 5.74) is 3.97. The Balaban J connectivity index is 2.52. The molecule has 0 radical (unpaired) electrons. The molecule has 2 unspecified atom stereocenters. The van der Waals surface area contributed by atoms with Crippen molar-refractivity contribution in [2.24, 2.45) is 5.73 Å². The predicted molar refractivity (Wildman–Crippen MR) is 57.9 cm³/mol. The van der Waals surface area contributed by atoms with Crippen LogP contribution >= 0.6 is 0 Å². The monoisotopic (exact) mass is 236 g/mol. The number of carboxylic acid groups (broad SMARTS) is 1. The molecule has 0 bridgehead atoms. The maximum Gasteiger partial charge on any atom is 0.329 e. The van der Waals surface area contributed by atoms with Crippen LogP contribution in [0.5, 0.6) is 0 Å². The molecule has 3 atom stereocenters. The molecule has 1 aliphatic rings. The van der Waals surface area contributed by atoms with Gasteiger partial charge in [-0.25, -0.2) is 4.79 Å². The van der Waals surface area contributed by atoms with Crippen molar-refractivity contribution >= 4 is 11.9 Å². The molecule has 1 saturated heterocycles. The van der Waals surface area contributed by atoms with Gasteiger partial charge in [0.05, 0.1) is 0 Å². The summed E-state index contributed by atoms with van der Waals surface area (Å²) in [6, 6.07) is 5.34. The molecule has 0 aromatic heterocycles. The standard InChI is InChI=1S/C11H12N2O4/c12-7-9(14)13-8(10(15)16)11(7,17)6-4-2-1-3-5-6/h1-5,7-8,17H,12H2,(H,13,14)(H,15,16)/t7?,8-,11?/m1/s1. The van der Waals surface area contributed by atoms with Crippen LogP contribution in [0.1, 0.15) is 5.56 Å². The highest BCUT2D eigenvalue weighted by molar-refractivity contribution is 5.94. The van der Waals surface area contributed by atoms with Crippen molar-refractivity contribution in [1.29, 1.82) is 0 Å². The number of aliphatic carboxylic acids is 1. The van der Waals surface area contributed by atoms with Gasteiger partial charge in [0.15, 0.2) is 6.04 Å². The van der Waals surface area contributed by atoms with Gasteiger partial charge in [-0.3, -0.25) is 4.79 Å². The number of amides is 1. The van der Waals surface area contributed by atoms with E-state index >= 15 is 0 Å². The van der Waals surface area contributed by atoms with Gasteiger partial charge >= 0.3 is 5.97 Å². The zero-order chi connectivity index (χ0) is 12.6. The summed E-state index contributed by atoms with van der Waals surface area (Å²) in [6.07, 6.45) is 0. The minimum atomic E-state index is -1.93. The van der Waals surface area contributed by atoms with Gasteiger partial charge < -0.3 is 21.3 Å². The summed E-state index contributed by atoms with van der Waals surface area (Å²) < 4.78 is 0. The molecule has 2 rings (SSSR count). The van der Waals surface area contributed by atoms with E-state index in [0.717, 1.165) is 0 Å². The lowest BCUT2D eigenvalue weighted by Crippen LogP contribution is -2.52. The van der Waals surface area contributed by atoms with Gasteiger partial charge in [0.25, 0.3) is 0 Å². The summed E-state index contributed by atoms with van der Waals surface area (Å²) in [6.45, 7) is 0. The van der Waals surface area contributed by atoms with E-state index in [1.807, 2.05) is 0 Å². The Morgan fingerprint density at radius 1 is 1.35 bits per heavy atom. The van der Waals surface area contributed by atoms with E-state index < -0.39 is 29.6 Å². The first-order chi connectivity index (χ1) is 7.98. The number of nitrogens with two attached hydrogens (primary N) is 1. The highest BCUT2D eigenvalue weighted by atomic mass is 16.4. The molecule has 5 N–H and O–H groups in total. The van der Waals surface area contributed by atoms with E-state index in [2.05, 4.69) is 5.32 Å². The second-order valence-electron chi connectivity index (χ2n) is 3.95. The Labute approximate surface area is 97.1 Å². The zero-order valence-corrected chi connectivity index (χ0v) is 8.83. The minimum Gasteiger partial charge on any atom is -0.480 e. The van der Waals surface area contributed by atoms with Crippen LogP contribution in [0.3, 0.4) is 0 Å². The van der Waals surface area contributed by atoms with E-state index in [1.54, 1.807) is 18.2 Å². The Morgan fingerprint density at radius 2 is 1.94 bits per heavy atom. The van der Waals surface area contributed by atoms with Gasteiger partial charge in [0, 0.05) is 0 Å². The molecule has 1 amide bonds. The lowest BCUT2D eigenvalue weighted by atomic mass is 9.83. The fourth-order valence-electron chi connectivity index (χ4n) is 2.02. The van der Waals surface area contributed by atoms with Crippen molar-refractivity contribution in [1.82, 2.24) is 5.32 Å². The number of hydrogen-bond acceptors (Lipinski definition) is 4. The maximum absolute atomic E-state index is 11.4. The largest absolute Gasteiger partial charge is 0.480 e. The Hall–Kier alpha value is -1.92. The van der Waals surface area contributed by atoms with Gasteiger partial charge in [-0.15, -0.1) is 0 Å². The first kappa shape index (κ1) is 11.6. The molecule has 17 heavy (non-hydrogen) atoms. The number of benzene rings is 1. The van der Waals surface area contributed by atoms with Crippen molar-refractivity contribution in [2.75, 3.05) is 0 Å². The van der Waals surface area contributed by atoms with Gasteiger partial charge in [-0.2, -0.15) is 0 Å². The SMILES string of the molecule is NC1C(=O)N[C@H](C(=O)O)C1(O)c1ccccc1. The maximum atomic E-state index is 11.4. The summed E-state index contributed by atoms with van der Waals surface area (Å²) in [4.78, 5) is 22.5. The average Bonchev–Trinajstić information content (AvgIpc) is 2.56. The zero-order valence-electron chi connectivity index (χ0n) is 8.83. The summed E-state index contributed by atoms with van der Waals surface area (Å²) in [5, 5.41) is 21.6. The molecule has 90 valence electrons. The van der Waals surface area contributed by atoms with Gasteiger partial charge in [0.2, 0.25) is 5.91 Å². The van der Waals surface area contributed by atoms with E-state index in [1.165, 1.54) is 12.1 Å². The summed E-state index contributed by atoms with van der Waals surface area (Å²) in [7, 11) is 0. The van der Waals surface area contributed by atoms with E-state index in [-0.39, 0.29) is 0 Å². The molecule has 0 saturated carbocycles. The fourth-order valence-corrected chi connectivity index (χ4v) is 2.02. The van der Waals surface area contributed by atoms with Crippen LogP contribution in [-0.4, -0.2) is 34.2 Å². The number of aliphatic hydroxyl groups is 1. The number of hydrogen-bond donors (Lipinski definition) is 4. The first-order valence-corrected chi connectivity index (χ1v) is 5.04. The second-order valence-corrected chi connectivity index (χ2v) is 3.95. The van der Waals surface area contributed by atoms with Crippen LogP contribution in [0, 0.1) is 0 Å². The molecule has 6 heteroatoms. The van der Waals surface area contributed by atoms with Crippen LogP contribution in [-0.2, 0) is 15.2 Å². The van der Waals surface area contributed by atoms with Crippen molar-refractivity contribution in [3.05, 3.63) is 35.9 Å². The molecule has 6 nitrogen and oxygen atoms in total. The van der Waals surface area contributed by atoms with E-state index in [9.17, 15) is 14.7 Å². The quantitative estimate of drug-likeness (QED) is 0.514. The van der Waals surface area contributed by atoms with E-state index in [0.29, 0.717) is 5.56 Å². The Bertz CT molecular complexity index is 462. The summed E-state index contributed by atoms with van der Waals surface area (Å²) >= 11 is 0. The molecule has 1 fully saturated rings. The van der Waals surface area contributed by atoms with Crippen LogP contribution < -0.4 is 11.1 Å². The molecular weight excluding hydrogens is 224 g/mol. The third-order valence-electron chi connectivity index (χ3n) is 2.97. The number of carbonyl (C=O) groups is 2. The Kier molecular flexibility index (Phi) is 2.60. The van der Waals surface area contributed by atoms with Gasteiger partial charge in [0.1, 0.15) is 11.6 Å². The second kappa shape index (κ2) is 3.83. The fraction of sp³-hybridized carbons (Fsp3) is 0.273. The molecule has 1 aromatic carbocycles. The average molecular weight is 236 g/mol. The molecule has 1 aliphatic heterocycles. The molecule has 0 aliphatic carbocycles. The van der Waals surface area contributed by atoms with E-state index in [4.69, 9.17) is 10.8 Å². The molecule has 1 aromatic rings. The van der Waals surface area contributed by atoms with Crippen LogP contribution in [0.25, 0.3) is 0 Å². The lowest BCUT2D eigenvalue weighted by molar-refractivity contribution is -0.146. The van der Waals surface area contributed by atoms with Crippen molar-refractivity contribution in [3.63, 3.8) is 0 Å². The van der Waals surface area contributed by atoms with Crippen LogP contribution in [0.4, 0.5) is 0 Å². The normalized spacial score (nSPS) is 32.2. The third-order valence-corrected chi connectivity index (χ3v) is 2.97. The highest BCUT2D eigenvalue weighted by Crippen LogP contribution is 2.32. The number of rotatable bonds is 2. The summed E-state index contributed by atoms with van der Waals surface area (Å²) in [5.74, 6) is -2.00. The number of nitrogens with one attached hydrogen (secondary N) is 1. The highest BCUT2D eigenvalue weighted by Gasteiger charge is 2.57. The van der Waals surface area contributed by atoms with Crippen molar-refractivity contribution in [3.8, 4) is 0 Å². The predicted octanol–water partition coefficient (Wildman–Crippen LogP) is -1.22. The molecular formula is C11H12N2O4. The molecule has 0 spiro atoms. The molecule has 1 heterocycles. The smallest absolute Gasteiger partial charge is 0.329 e. The van der Waals surface area contributed by atoms with Crippen LogP contribution in [0.15, 0.2) is 30.3 Å². The van der Waals surface area contributed by atoms with Crippen LogP contribution in [0.2, 0.25) is 0 Å². The van der Waals surface area contributed by atoms with Crippen molar-refractivity contribution in [2.45, 2.75) is 17.7 Å². The number of carbonyl (C=O) groups excluding carboxylic acids is 1. The minimum absolute atomic E-state index is 0.304. The topological polar surface area (TPSA) is 113 Å². The third kappa shape index (κ3) is 1.58. The lowest BCUT2D eigenvalue weighted by Gasteiger charge is -2.29. The Morgan fingerprint density at radius 3 is 2.47 bits per heavy atom. The van der Waals surface area contributed by atoms with Gasteiger partial charge in [-0.05, 0) is 5.56 Å².